The van der Waals surface area contributed by atoms with Gasteiger partial charge in [0.05, 0.1) is 0 Å². The molecular weight excluding hydrogens is 206 g/mol. The van der Waals surface area contributed by atoms with E-state index in [-0.39, 0.29) is 0 Å². The van der Waals surface area contributed by atoms with Gasteiger partial charge in [-0.2, -0.15) is 0 Å². The molecule has 0 radical (unpaired) electrons. The summed E-state index contributed by atoms with van der Waals surface area (Å²) in [6.07, 6.45) is 9.17. The van der Waals surface area contributed by atoms with Gasteiger partial charge >= 0.3 is 0 Å². The Morgan fingerprint density at radius 3 is 2.88 bits per heavy atom. The minimum absolute atomic E-state index is 1.13. The lowest BCUT2D eigenvalue weighted by atomic mass is 10.2. The fraction of sp³-hybridized carbons (Fsp3) is 0.375. The van der Waals surface area contributed by atoms with E-state index < -0.39 is 0 Å². The van der Waals surface area contributed by atoms with E-state index in [1.54, 1.807) is 0 Å². The van der Waals surface area contributed by atoms with Crippen LogP contribution in [-0.2, 0) is 6.54 Å². The number of aryl methyl sites for hydroxylation is 2. The standard InChI is InChI=1S/C16H21N/c1-3-4-5-6-7-11-17-12-10-15-9-8-14(2)13-16(15)17/h3,8-10,12-13H,1,4-7,11H2,2H3. The number of rotatable bonds is 6. The molecule has 0 spiro atoms. The first-order chi connectivity index (χ1) is 8.31. The van der Waals surface area contributed by atoms with Gasteiger partial charge in [-0.25, -0.2) is 0 Å². The van der Waals surface area contributed by atoms with E-state index in [0.29, 0.717) is 0 Å². The summed E-state index contributed by atoms with van der Waals surface area (Å²) < 4.78 is 2.37. The second-order valence-corrected chi connectivity index (χ2v) is 4.71. The van der Waals surface area contributed by atoms with Crippen LogP contribution < -0.4 is 0 Å². The van der Waals surface area contributed by atoms with E-state index in [0.717, 1.165) is 13.0 Å². The quantitative estimate of drug-likeness (QED) is 0.498. The number of unbranched alkanes of at least 4 members (excludes halogenated alkanes) is 3. The normalized spacial score (nSPS) is 10.9. The first-order valence-corrected chi connectivity index (χ1v) is 6.47. The molecule has 2 aromatic rings. The zero-order valence-corrected chi connectivity index (χ0v) is 10.7. The molecule has 1 heterocycles. The highest BCUT2D eigenvalue weighted by Crippen LogP contribution is 2.18. The molecule has 0 N–H and O–H groups in total. The predicted molar refractivity (Wildman–Crippen MR) is 75.3 cm³/mol. The topological polar surface area (TPSA) is 4.93 Å². The van der Waals surface area contributed by atoms with Gasteiger partial charge in [-0.05, 0) is 49.3 Å². The predicted octanol–water partition coefficient (Wildman–Crippen LogP) is 4.70. The third-order valence-corrected chi connectivity index (χ3v) is 3.24. The van der Waals surface area contributed by atoms with Crippen LogP contribution >= 0.6 is 0 Å². The molecule has 0 saturated heterocycles. The van der Waals surface area contributed by atoms with Crippen LogP contribution in [-0.4, -0.2) is 4.57 Å². The van der Waals surface area contributed by atoms with E-state index in [1.807, 2.05) is 6.08 Å². The summed E-state index contributed by atoms with van der Waals surface area (Å²) >= 11 is 0. The number of nitrogens with zero attached hydrogens (tertiary/aromatic N) is 1. The maximum atomic E-state index is 3.75. The molecule has 1 nitrogen and oxygen atoms in total. The minimum atomic E-state index is 1.13. The number of allylic oxidation sites excluding steroid dienone is 1. The molecular formula is C16H21N. The SMILES string of the molecule is C=CCCCCCn1ccc2ccc(C)cc21. The third kappa shape index (κ3) is 3.00. The molecule has 90 valence electrons. The summed E-state index contributed by atoms with van der Waals surface area (Å²) in [5.74, 6) is 0. The fourth-order valence-electron chi connectivity index (χ4n) is 2.24. The van der Waals surface area contributed by atoms with Crippen LogP contribution in [0.1, 0.15) is 31.2 Å². The van der Waals surface area contributed by atoms with Gasteiger partial charge in [0.1, 0.15) is 0 Å². The largest absolute Gasteiger partial charge is 0.347 e. The number of hydrogen-bond acceptors (Lipinski definition) is 0. The Balaban J connectivity index is 1.98. The van der Waals surface area contributed by atoms with Gasteiger partial charge < -0.3 is 4.57 Å². The summed E-state index contributed by atoms with van der Waals surface area (Å²) in [4.78, 5) is 0. The van der Waals surface area contributed by atoms with Crippen LogP contribution in [0.5, 0.6) is 0 Å². The number of aromatic nitrogens is 1. The van der Waals surface area contributed by atoms with Gasteiger partial charge in [0.25, 0.3) is 0 Å². The van der Waals surface area contributed by atoms with Crippen molar-refractivity contribution in [2.24, 2.45) is 0 Å². The van der Waals surface area contributed by atoms with E-state index in [9.17, 15) is 0 Å². The highest BCUT2D eigenvalue weighted by Gasteiger charge is 2.00. The molecule has 2 rings (SSSR count). The van der Waals surface area contributed by atoms with Crippen LogP contribution in [0.2, 0.25) is 0 Å². The van der Waals surface area contributed by atoms with Crippen molar-refractivity contribution in [3.63, 3.8) is 0 Å². The molecule has 1 aromatic carbocycles. The zero-order valence-electron chi connectivity index (χ0n) is 10.7. The molecule has 1 aromatic heterocycles. The molecule has 0 unspecified atom stereocenters. The fourth-order valence-corrected chi connectivity index (χ4v) is 2.24. The Kier molecular flexibility index (Phi) is 4.03. The molecule has 0 amide bonds. The number of hydrogen-bond donors (Lipinski definition) is 0. The second kappa shape index (κ2) is 5.72. The summed E-state index contributed by atoms with van der Waals surface area (Å²) in [5.41, 5.74) is 2.71. The van der Waals surface area contributed by atoms with Gasteiger partial charge in [0.2, 0.25) is 0 Å². The third-order valence-electron chi connectivity index (χ3n) is 3.24. The minimum Gasteiger partial charge on any atom is -0.347 e. The Labute approximate surface area is 104 Å². The molecule has 0 saturated carbocycles. The van der Waals surface area contributed by atoms with Crippen LogP contribution in [0, 0.1) is 6.92 Å². The van der Waals surface area contributed by atoms with Crippen LogP contribution in [0.3, 0.4) is 0 Å². The van der Waals surface area contributed by atoms with Crippen molar-refractivity contribution in [2.75, 3.05) is 0 Å². The first kappa shape index (κ1) is 12.0. The molecule has 0 fully saturated rings. The van der Waals surface area contributed by atoms with Crippen molar-refractivity contribution in [3.8, 4) is 0 Å². The monoisotopic (exact) mass is 227 g/mol. The Morgan fingerprint density at radius 1 is 1.18 bits per heavy atom. The van der Waals surface area contributed by atoms with Crippen molar-refractivity contribution in [1.82, 2.24) is 4.57 Å². The lowest BCUT2D eigenvalue weighted by Crippen LogP contribution is -1.96. The summed E-state index contributed by atoms with van der Waals surface area (Å²) in [6, 6.07) is 8.87. The van der Waals surface area contributed by atoms with Gasteiger partial charge in [0, 0.05) is 18.3 Å². The average molecular weight is 227 g/mol. The van der Waals surface area contributed by atoms with Crippen molar-refractivity contribution in [3.05, 3.63) is 48.7 Å². The zero-order chi connectivity index (χ0) is 12.1. The Morgan fingerprint density at radius 2 is 2.06 bits per heavy atom. The molecule has 0 aliphatic heterocycles. The van der Waals surface area contributed by atoms with Crippen molar-refractivity contribution < 1.29 is 0 Å². The highest BCUT2D eigenvalue weighted by atomic mass is 14.9. The molecule has 0 atom stereocenters. The van der Waals surface area contributed by atoms with Gasteiger partial charge in [-0.15, -0.1) is 6.58 Å². The lowest BCUT2D eigenvalue weighted by Gasteiger charge is -2.05. The lowest BCUT2D eigenvalue weighted by molar-refractivity contribution is 0.603. The van der Waals surface area contributed by atoms with E-state index in [1.165, 1.54) is 35.7 Å². The maximum absolute atomic E-state index is 3.75. The van der Waals surface area contributed by atoms with Gasteiger partial charge in [-0.1, -0.05) is 24.6 Å². The summed E-state index contributed by atoms with van der Waals surface area (Å²) in [6.45, 7) is 7.04. The molecule has 0 aliphatic carbocycles. The number of fused-ring (bicyclic) bond motifs is 1. The Bertz CT molecular complexity index is 493. The van der Waals surface area contributed by atoms with E-state index >= 15 is 0 Å². The van der Waals surface area contributed by atoms with Crippen molar-refractivity contribution in [2.45, 2.75) is 39.2 Å². The van der Waals surface area contributed by atoms with Crippen molar-refractivity contribution in [1.29, 1.82) is 0 Å². The van der Waals surface area contributed by atoms with Crippen LogP contribution in [0.15, 0.2) is 43.1 Å². The van der Waals surface area contributed by atoms with Crippen LogP contribution in [0.4, 0.5) is 0 Å². The summed E-state index contributed by atoms with van der Waals surface area (Å²) in [7, 11) is 0. The molecule has 0 bridgehead atoms. The van der Waals surface area contributed by atoms with E-state index in [2.05, 4.69) is 48.5 Å². The van der Waals surface area contributed by atoms with Crippen LogP contribution in [0.25, 0.3) is 10.9 Å². The number of benzene rings is 1. The second-order valence-electron chi connectivity index (χ2n) is 4.71. The molecule has 17 heavy (non-hydrogen) atoms. The summed E-state index contributed by atoms with van der Waals surface area (Å²) in [5, 5.41) is 1.35. The first-order valence-electron chi connectivity index (χ1n) is 6.47. The average Bonchev–Trinajstić information content (AvgIpc) is 2.72. The molecule has 0 aliphatic rings. The maximum Gasteiger partial charge on any atom is 0.0482 e. The van der Waals surface area contributed by atoms with E-state index in [4.69, 9.17) is 0 Å². The van der Waals surface area contributed by atoms with Gasteiger partial charge in [-0.3, -0.25) is 0 Å². The Hall–Kier alpha value is -1.50. The molecule has 1 heteroatoms. The van der Waals surface area contributed by atoms with Gasteiger partial charge in [0.15, 0.2) is 0 Å². The van der Waals surface area contributed by atoms with Crippen molar-refractivity contribution >= 4 is 10.9 Å². The smallest absolute Gasteiger partial charge is 0.0482 e. The highest BCUT2D eigenvalue weighted by molar-refractivity contribution is 5.80.